The Labute approximate surface area is 262 Å². The molecule has 0 aliphatic carbocycles. The van der Waals surface area contributed by atoms with Crippen molar-refractivity contribution in [2.75, 3.05) is 19.4 Å². The fraction of sp³-hybridized carbons (Fsp3) is 0.219. The molecule has 1 aliphatic heterocycles. The third kappa shape index (κ3) is 5.79. The van der Waals surface area contributed by atoms with E-state index < -0.39 is 0 Å². The molecule has 5 N–H and O–H groups in total. The van der Waals surface area contributed by atoms with Gasteiger partial charge in [0.15, 0.2) is 0 Å². The number of fused-ring (bicyclic) bond motifs is 1. The maximum absolute atomic E-state index is 11.5. The molecule has 1 atom stereocenters. The molecule has 1 aliphatic rings. The van der Waals surface area contributed by atoms with Crippen molar-refractivity contribution in [3.8, 4) is 39.4 Å². The van der Waals surface area contributed by atoms with Gasteiger partial charge in [0, 0.05) is 65.1 Å². The summed E-state index contributed by atoms with van der Waals surface area (Å²) in [6, 6.07) is 17.6. The van der Waals surface area contributed by atoms with Crippen molar-refractivity contribution in [3.05, 3.63) is 81.3 Å². The Hall–Kier alpha value is -3.73. The van der Waals surface area contributed by atoms with E-state index in [1.165, 1.54) is 11.3 Å². The Balaban J connectivity index is 1.29. The highest BCUT2D eigenvalue weighted by Gasteiger charge is 2.21. The molecule has 1 saturated heterocycles. The lowest BCUT2D eigenvalue weighted by Crippen LogP contribution is -2.35. The van der Waals surface area contributed by atoms with Gasteiger partial charge < -0.3 is 26.2 Å². The Bertz CT molecular complexity index is 1840. The lowest BCUT2D eigenvalue weighted by molar-refractivity contribution is -0.119. The van der Waals surface area contributed by atoms with Crippen LogP contribution in [-0.4, -0.2) is 40.7 Å². The van der Waals surface area contributed by atoms with Gasteiger partial charge in [0.05, 0.1) is 44.7 Å². The molecule has 6 rings (SSSR count). The van der Waals surface area contributed by atoms with Crippen LogP contribution in [0, 0.1) is 0 Å². The van der Waals surface area contributed by atoms with Crippen LogP contribution >= 0.6 is 34.5 Å². The van der Waals surface area contributed by atoms with Crippen molar-refractivity contribution in [1.29, 1.82) is 0 Å². The molecule has 5 aromatic rings. The van der Waals surface area contributed by atoms with E-state index >= 15 is 0 Å². The number of hydrogen-bond donors (Lipinski definition) is 4. The summed E-state index contributed by atoms with van der Waals surface area (Å²) in [4.78, 5) is 21.5. The first-order chi connectivity index (χ1) is 20.9. The van der Waals surface area contributed by atoms with Crippen molar-refractivity contribution in [2.24, 2.45) is 0 Å². The highest BCUT2D eigenvalue weighted by Crippen LogP contribution is 2.43. The molecule has 0 bridgehead atoms. The van der Waals surface area contributed by atoms with Gasteiger partial charge in [-0.3, -0.25) is 9.78 Å². The fourth-order valence-electron chi connectivity index (χ4n) is 5.35. The second-order valence-electron chi connectivity index (χ2n) is 10.3. The molecule has 4 heterocycles. The quantitative estimate of drug-likeness (QED) is 0.147. The van der Waals surface area contributed by atoms with Gasteiger partial charge in [0.2, 0.25) is 11.8 Å². The van der Waals surface area contributed by atoms with Crippen LogP contribution in [0.3, 0.4) is 0 Å². The van der Waals surface area contributed by atoms with Gasteiger partial charge >= 0.3 is 0 Å². The summed E-state index contributed by atoms with van der Waals surface area (Å²) >= 11 is 15.5. The summed E-state index contributed by atoms with van der Waals surface area (Å²) in [6.45, 7) is 1.10. The number of thiophene rings is 1. The van der Waals surface area contributed by atoms with E-state index in [1.54, 1.807) is 13.3 Å². The lowest BCUT2D eigenvalue weighted by atomic mass is 9.97. The molecule has 0 saturated carbocycles. The zero-order valence-electron chi connectivity index (χ0n) is 23.3. The van der Waals surface area contributed by atoms with Gasteiger partial charge in [0.1, 0.15) is 5.52 Å². The highest BCUT2D eigenvalue weighted by molar-refractivity contribution is 7.19. The molecule has 3 aromatic heterocycles. The first kappa shape index (κ1) is 29.3. The van der Waals surface area contributed by atoms with E-state index in [4.69, 9.17) is 38.7 Å². The summed E-state index contributed by atoms with van der Waals surface area (Å²) in [7, 11) is 1.59. The minimum absolute atomic E-state index is 0.0994. The lowest BCUT2D eigenvalue weighted by Gasteiger charge is -2.15. The van der Waals surface area contributed by atoms with Crippen LogP contribution in [0.15, 0.2) is 60.8 Å². The number of nitrogens with one attached hydrogen (secondary N) is 2. The molecule has 220 valence electrons. The molecule has 0 unspecified atom stereocenters. The normalized spacial score (nSPS) is 14.8. The number of hydrogen-bond acceptors (Lipinski definition) is 8. The third-order valence-corrected chi connectivity index (χ3v) is 9.52. The number of nitrogens with two attached hydrogens (primary N) is 1. The Morgan fingerprint density at radius 3 is 2.51 bits per heavy atom. The Kier molecular flexibility index (Phi) is 8.52. The van der Waals surface area contributed by atoms with Crippen LogP contribution in [0.1, 0.15) is 23.3 Å². The minimum atomic E-state index is -0.130. The van der Waals surface area contributed by atoms with Gasteiger partial charge in [-0.1, -0.05) is 65.7 Å². The zero-order chi connectivity index (χ0) is 30.1. The van der Waals surface area contributed by atoms with E-state index in [-0.39, 0.29) is 18.6 Å². The van der Waals surface area contributed by atoms with E-state index in [2.05, 4.69) is 15.6 Å². The summed E-state index contributed by atoms with van der Waals surface area (Å²) < 4.78 is 6.50. The predicted molar refractivity (Wildman–Crippen MR) is 174 cm³/mol. The summed E-state index contributed by atoms with van der Waals surface area (Å²) in [6.07, 6.45) is 3.15. The molecular weight excluding hydrogens is 605 g/mol. The van der Waals surface area contributed by atoms with Gasteiger partial charge in [-0.15, -0.1) is 11.3 Å². The molecule has 1 fully saturated rings. The second-order valence-corrected chi connectivity index (χ2v) is 12.2. The van der Waals surface area contributed by atoms with Gasteiger partial charge in [-0.25, -0.2) is 4.98 Å². The van der Waals surface area contributed by atoms with E-state index in [0.29, 0.717) is 57.2 Å². The van der Waals surface area contributed by atoms with E-state index in [9.17, 15) is 9.90 Å². The van der Waals surface area contributed by atoms with Crippen molar-refractivity contribution >= 4 is 56.3 Å². The van der Waals surface area contributed by atoms with Crippen molar-refractivity contribution in [2.45, 2.75) is 32.0 Å². The number of nitrogens with zero attached hydrogens (tertiary/aromatic N) is 2. The Morgan fingerprint density at radius 2 is 1.81 bits per heavy atom. The number of anilines is 1. The summed E-state index contributed by atoms with van der Waals surface area (Å²) in [5.41, 5.74) is 12.8. The average Bonchev–Trinajstić information content (AvgIpc) is 3.59. The first-order valence-corrected chi connectivity index (χ1v) is 15.3. The van der Waals surface area contributed by atoms with E-state index in [0.717, 1.165) is 44.5 Å². The van der Waals surface area contributed by atoms with Crippen LogP contribution in [-0.2, 0) is 17.9 Å². The second kappa shape index (κ2) is 12.5. The number of halogens is 2. The standard InChI is InChI=1S/C32H29Cl2N5O3S/c1-42-32-17(13-36-15-19-9-11-27(41)38-19)8-10-24(39-32)23-7-3-6-22(29(23)34)21-5-2-4-20(28(21)33)18-12-25-31(37-14-18)30(35)26(16-40)43-25/h2-8,10,12,14,19,36,40H,9,11,13,15-16,35H2,1H3,(H,38,41)/t19-/m0/s1. The maximum Gasteiger partial charge on any atom is 0.220 e. The van der Waals surface area contributed by atoms with Gasteiger partial charge in [-0.2, -0.15) is 0 Å². The molecule has 8 nitrogen and oxygen atoms in total. The predicted octanol–water partition coefficient (Wildman–Crippen LogP) is 6.45. The molecule has 0 radical (unpaired) electrons. The number of nitrogen functional groups attached to an aromatic ring is 1. The number of aromatic nitrogens is 2. The first-order valence-electron chi connectivity index (χ1n) is 13.8. The van der Waals surface area contributed by atoms with E-state index in [1.807, 2.05) is 54.6 Å². The third-order valence-electron chi connectivity index (χ3n) is 7.58. The van der Waals surface area contributed by atoms with Crippen molar-refractivity contribution < 1.29 is 14.6 Å². The number of aliphatic hydroxyl groups is 1. The van der Waals surface area contributed by atoms with Crippen LogP contribution in [0.2, 0.25) is 10.0 Å². The van der Waals surface area contributed by atoms with Crippen molar-refractivity contribution in [3.63, 3.8) is 0 Å². The maximum atomic E-state index is 11.5. The number of carbonyl (C=O) groups is 1. The number of amides is 1. The highest BCUT2D eigenvalue weighted by atomic mass is 35.5. The fourth-order valence-corrected chi connectivity index (χ4v) is 7.00. The Morgan fingerprint density at radius 1 is 1.09 bits per heavy atom. The topological polar surface area (TPSA) is 122 Å². The van der Waals surface area contributed by atoms with Crippen LogP contribution in [0.5, 0.6) is 5.88 Å². The molecule has 2 aromatic carbocycles. The molecule has 0 spiro atoms. The number of benzene rings is 2. The van der Waals surface area contributed by atoms with Gasteiger partial charge in [-0.05, 0) is 18.6 Å². The number of carbonyl (C=O) groups excluding carboxylic acids is 1. The monoisotopic (exact) mass is 633 g/mol. The largest absolute Gasteiger partial charge is 0.481 e. The van der Waals surface area contributed by atoms with Crippen LogP contribution in [0.25, 0.3) is 43.7 Å². The zero-order valence-corrected chi connectivity index (χ0v) is 25.6. The SMILES string of the molecule is COc1nc(-c2cccc(-c3cccc(-c4cnc5c(N)c(CO)sc5c4)c3Cl)c2Cl)ccc1CNC[C@@H]1CCC(=O)N1. The number of aliphatic hydroxyl groups excluding tert-OH is 1. The van der Waals surface area contributed by atoms with Crippen molar-refractivity contribution in [1.82, 2.24) is 20.6 Å². The number of methoxy groups -OCH3 is 1. The molecule has 43 heavy (non-hydrogen) atoms. The number of pyridine rings is 2. The average molecular weight is 635 g/mol. The van der Waals surface area contributed by atoms with Crippen LogP contribution in [0.4, 0.5) is 5.69 Å². The number of ether oxygens (including phenoxy) is 1. The molecule has 1 amide bonds. The van der Waals surface area contributed by atoms with Crippen LogP contribution < -0.4 is 21.1 Å². The molecular formula is C32H29Cl2N5O3S. The summed E-state index contributed by atoms with van der Waals surface area (Å²) in [5.74, 6) is 0.603. The summed E-state index contributed by atoms with van der Waals surface area (Å²) in [5, 5.41) is 17.0. The molecule has 11 heteroatoms. The minimum Gasteiger partial charge on any atom is -0.481 e. The smallest absolute Gasteiger partial charge is 0.220 e. The number of rotatable bonds is 9. The van der Waals surface area contributed by atoms with Gasteiger partial charge in [0.25, 0.3) is 0 Å².